The summed E-state index contributed by atoms with van der Waals surface area (Å²) < 4.78 is 0. The van der Waals surface area contributed by atoms with Crippen molar-refractivity contribution in [3.05, 3.63) is 71.8 Å². The maximum absolute atomic E-state index is 13.2. The van der Waals surface area contributed by atoms with Crippen LogP contribution in [0.4, 0.5) is 0 Å². The Bertz CT molecular complexity index is 747. The van der Waals surface area contributed by atoms with Gasteiger partial charge in [-0.05, 0) is 36.8 Å². The molecule has 1 N–H and O–H groups in total. The van der Waals surface area contributed by atoms with Crippen molar-refractivity contribution in [2.45, 2.75) is 50.1 Å². The molecular weight excluding hydrogens is 336 g/mol. The van der Waals surface area contributed by atoms with E-state index in [9.17, 15) is 9.59 Å². The van der Waals surface area contributed by atoms with E-state index in [0.717, 1.165) is 36.8 Å². The zero-order valence-electron chi connectivity index (χ0n) is 15.5. The Morgan fingerprint density at radius 2 is 1.52 bits per heavy atom. The number of carbonyl (C=O) groups is 2. The van der Waals surface area contributed by atoms with Crippen LogP contribution in [0.5, 0.6) is 0 Å². The quantitative estimate of drug-likeness (QED) is 0.855. The number of rotatable bonds is 6. The Labute approximate surface area is 160 Å². The SMILES string of the molecule is O=C(NC1CC1)[C@H]1CCCN1C(=O)CC(c1ccccc1)c1ccccc1. The lowest BCUT2D eigenvalue weighted by molar-refractivity contribution is -0.138. The van der Waals surface area contributed by atoms with E-state index in [-0.39, 0.29) is 23.8 Å². The monoisotopic (exact) mass is 362 g/mol. The van der Waals surface area contributed by atoms with Crippen molar-refractivity contribution >= 4 is 11.8 Å². The third-order valence-corrected chi connectivity index (χ3v) is 5.58. The van der Waals surface area contributed by atoms with Crippen LogP contribution in [-0.2, 0) is 9.59 Å². The van der Waals surface area contributed by atoms with E-state index in [1.54, 1.807) is 4.90 Å². The topological polar surface area (TPSA) is 49.4 Å². The number of nitrogens with zero attached hydrogens (tertiary/aromatic N) is 1. The number of amides is 2. The van der Waals surface area contributed by atoms with Gasteiger partial charge in [-0.1, -0.05) is 60.7 Å². The second-order valence-electron chi connectivity index (χ2n) is 7.61. The molecule has 2 fully saturated rings. The molecule has 0 unspecified atom stereocenters. The van der Waals surface area contributed by atoms with Crippen LogP contribution in [0.1, 0.15) is 49.1 Å². The van der Waals surface area contributed by atoms with Crippen molar-refractivity contribution in [2.24, 2.45) is 0 Å². The van der Waals surface area contributed by atoms with Gasteiger partial charge in [0.25, 0.3) is 0 Å². The van der Waals surface area contributed by atoms with Crippen LogP contribution in [-0.4, -0.2) is 35.3 Å². The van der Waals surface area contributed by atoms with Crippen molar-refractivity contribution in [3.63, 3.8) is 0 Å². The lowest BCUT2D eigenvalue weighted by Gasteiger charge is -2.26. The highest BCUT2D eigenvalue weighted by atomic mass is 16.2. The minimum atomic E-state index is -0.301. The minimum Gasteiger partial charge on any atom is -0.352 e. The Balaban J connectivity index is 1.52. The Morgan fingerprint density at radius 3 is 2.07 bits per heavy atom. The van der Waals surface area contributed by atoms with Gasteiger partial charge in [-0.3, -0.25) is 9.59 Å². The number of hydrogen-bond donors (Lipinski definition) is 1. The molecule has 1 aliphatic heterocycles. The van der Waals surface area contributed by atoms with Crippen LogP contribution in [0.2, 0.25) is 0 Å². The summed E-state index contributed by atoms with van der Waals surface area (Å²) in [5.41, 5.74) is 2.27. The molecule has 140 valence electrons. The third-order valence-electron chi connectivity index (χ3n) is 5.58. The van der Waals surface area contributed by atoms with Crippen LogP contribution in [0.25, 0.3) is 0 Å². The Hall–Kier alpha value is -2.62. The third kappa shape index (κ3) is 4.21. The number of nitrogens with one attached hydrogen (secondary N) is 1. The lowest BCUT2D eigenvalue weighted by Crippen LogP contribution is -2.46. The first-order valence-electron chi connectivity index (χ1n) is 9.92. The molecule has 1 saturated carbocycles. The van der Waals surface area contributed by atoms with Crippen LogP contribution >= 0.6 is 0 Å². The van der Waals surface area contributed by atoms with Gasteiger partial charge in [-0.25, -0.2) is 0 Å². The van der Waals surface area contributed by atoms with Gasteiger partial charge >= 0.3 is 0 Å². The summed E-state index contributed by atoms with van der Waals surface area (Å²) in [5.74, 6) is 0.105. The van der Waals surface area contributed by atoms with Gasteiger partial charge in [0.05, 0.1) is 0 Å². The molecule has 0 radical (unpaired) electrons. The number of benzene rings is 2. The molecule has 1 saturated heterocycles. The van der Waals surface area contributed by atoms with E-state index < -0.39 is 0 Å². The van der Waals surface area contributed by atoms with Gasteiger partial charge in [-0.15, -0.1) is 0 Å². The maximum Gasteiger partial charge on any atom is 0.243 e. The highest BCUT2D eigenvalue weighted by Gasteiger charge is 2.37. The zero-order valence-corrected chi connectivity index (χ0v) is 15.5. The summed E-state index contributed by atoms with van der Waals surface area (Å²) in [6.07, 6.45) is 4.19. The van der Waals surface area contributed by atoms with E-state index in [0.29, 0.717) is 19.0 Å². The zero-order chi connectivity index (χ0) is 18.6. The fourth-order valence-corrected chi connectivity index (χ4v) is 3.95. The lowest BCUT2D eigenvalue weighted by atomic mass is 9.88. The van der Waals surface area contributed by atoms with Crippen molar-refractivity contribution in [3.8, 4) is 0 Å². The van der Waals surface area contributed by atoms with E-state index in [2.05, 4.69) is 29.6 Å². The van der Waals surface area contributed by atoms with Gasteiger partial charge in [0.1, 0.15) is 6.04 Å². The average molecular weight is 362 g/mol. The summed E-state index contributed by atoms with van der Waals surface area (Å²) in [4.78, 5) is 27.5. The number of likely N-dealkylation sites (tertiary alicyclic amines) is 1. The predicted molar refractivity (Wildman–Crippen MR) is 105 cm³/mol. The summed E-state index contributed by atoms with van der Waals surface area (Å²) in [6, 6.07) is 20.4. The molecular formula is C23H26N2O2. The van der Waals surface area contributed by atoms with Crippen molar-refractivity contribution in [2.75, 3.05) is 6.54 Å². The molecule has 0 bridgehead atoms. The summed E-state index contributed by atoms with van der Waals surface area (Å²) in [5, 5.41) is 3.06. The number of hydrogen-bond acceptors (Lipinski definition) is 2. The summed E-state index contributed by atoms with van der Waals surface area (Å²) in [7, 11) is 0. The molecule has 0 aromatic heterocycles. The van der Waals surface area contributed by atoms with Crippen LogP contribution in [0, 0.1) is 0 Å². The first kappa shape index (κ1) is 17.8. The Kier molecular flexibility index (Phi) is 5.23. The Morgan fingerprint density at radius 1 is 0.926 bits per heavy atom. The van der Waals surface area contributed by atoms with E-state index >= 15 is 0 Å². The number of carbonyl (C=O) groups excluding carboxylic acids is 2. The molecule has 4 nitrogen and oxygen atoms in total. The van der Waals surface area contributed by atoms with Gasteiger partial charge in [0.2, 0.25) is 11.8 Å². The van der Waals surface area contributed by atoms with Crippen molar-refractivity contribution in [1.29, 1.82) is 0 Å². The highest BCUT2D eigenvalue weighted by Crippen LogP contribution is 2.30. The second-order valence-corrected chi connectivity index (χ2v) is 7.61. The summed E-state index contributed by atoms with van der Waals surface area (Å²) in [6.45, 7) is 0.678. The molecule has 2 aromatic carbocycles. The normalized spacial score (nSPS) is 19.3. The fourth-order valence-electron chi connectivity index (χ4n) is 3.95. The smallest absolute Gasteiger partial charge is 0.243 e. The van der Waals surface area contributed by atoms with Crippen molar-refractivity contribution in [1.82, 2.24) is 10.2 Å². The van der Waals surface area contributed by atoms with E-state index in [4.69, 9.17) is 0 Å². The van der Waals surface area contributed by atoms with Gasteiger partial charge < -0.3 is 10.2 Å². The molecule has 1 aliphatic carbocycles. The first-order chi connectivity index (χ1) is 13.2. The molecule has 1 atom stereocenters. The molecule has 4 heteroatoms. The van der Waals surface area contributed by atoms with Crippen LogP contribution in [0.15, 0.2) is 60.7 Å². The molecule has 4 rings (SSSR count). The molecule has 1 heterocycles. The van der Waals surface area contributed by atoms with Gasteiger partial charge in [0.15, 0.2) is 0 Å². The second kappa shape index (κ2) is 7.95. The minimum absolute atomic E-state index is 0.00708. The largest absolute Gasteiger partial charge is 0.352 e. The molecule has 2 aliphatic rings. The highest BCUT2D eigenvalue weighted by molar-refractivity contribution is 5.89. The molecule has 27 heavy (non-hydrogen) atoms. The fraction of sp³-hybridized carbons (Fsp3) is 0.391. The van der Waals surface area contributed by atoms with E-state index in [1.165, 1.54) is 0 Å². The van der Waals surface area contributed by atoms with Crippen molar-refractivity contribution < 1.29 is 9.59 Å². The first-order valence-corrected chi connectivity index (χ1v) is 9.92. The van der Waals surface area contributed by atoms with Crippen LogP contribution in [0.3, 0.4) is 0 Å². The van der Waals surface area contributed by atoms with Gasteiger partial charge in [0, 0.05) is 24.9 Å². The van der Waals surface area contributed by atoms with Crippen LogP contribution < -0.4 is 5.32 Å². The average Bonchev–Trinajstić information content (AvgIpc) is 3.38. The molecule has 2 amide bonds. The summed E-state index contributed by atoms with van der Waals surface area (Å²) >= 11 is 0. The molecule has 2 aromatic rings. The predicted octanol–water partition coefficient (Wildman–Crippen LogP) is 3.48. The standard InChI is InChI=1S/C23H26N2O2/c26-22(25-15-7-12-21(25)23(27)24-19-13-14-19)16-20(17-8-3-1-4-9-17)18-10-5-2-6-11-18/h1-6,8-11,19-21H,7,12-16H2,(H,24,27)/t21-/m1/s1. The van der Waals surface area contributed by atoms with Gasteiger partial charge in [-0.2, -0.15) is 0 Å². The molecule has 0 spiro atoms. The van der Waals surface area contributed by atoms with E-state index in [1.807, 2.05) is 36.4 Å². The maximum atomic E-state index is 13.2.